The first kappa shape index (κ1) is 28.3. The molecule has 4 heteroatoms. The molecule has 0 unspecified atom stereocenters. The molecule has 0 aliphatic carbocycles. The normalized spacial score (nSPS) is 11.8. The molecule has 0 atom stereocenters. The molecule has 0 saturated heterocycles. The van der Waals surface area contributed by atoms with Crippen LogP contribution in [0.2, 0.25) is 0 Å². The monoisotopic (exact) mass is 634 g/mol. The Morgan fingerprint density at radius 1 is 0.396 bits per heavy atom. The molecule has 0 amide bonds. The summed E-state index contributed by atoms with van der Waals surface area (Å²) in [4.78, 5) is 0. The van der Waals surface area contributed by atoms with Crippen molar-refractivity contribution in [1.82, 2.24) is 9.13 Å². The highest BCUT2D eigenvalue weighted by molar-refractivity contribution is 7.85. The van der Waals surface area contributed by atoms with E-state index in [-0.39, 0.29) is 0 Å². The summed E-state index contributed by atoms with van der Waals surface area (Å²) in [6.07, 6.45) is 2.17. The highest BCUT2D eigenvalue weighted by atomic mass is 31.2. The van der Waals surface area contributed by atoms with Gasteiger partial charge < -0.3 is 13.7 Å². The summed E-state index contributed by atoms with van der Waals surface area (Å²) in [5.74, 6) is 0. The van der Waals surface area contributed by atoms with Crippen LogP contribution in [0.5, 0.6) is 0 Å². The Hall–Kier alpha value is -5.89. The zero-order valence-corrected chi connectivity index (χ0v) is 27.0. The molecule has 0 bridgehead atoms. The maximum Gasteiger partial charge on any atom is 0.171 e. The third kappa shape index (κ3) is 4.47. The average Bonchev–Trinajstić information content (AvgIpc) is 3.75. The van der Waals surface area contributed by atoms with Crippen LogP contribution in [-0.4, -0.2) is 9.13 Å². The van der Waals surface area contributed by atoms with Gasteiger partial charge in [-0.1, -0.05) is 140 Å². The summed E-state index contributed by atoms with van der Waals surface area (Å²) in [6, 6.07) is 62.6. The van der Waals surface area contributed by atoms with Crippen molar-refractivity contribution >= 4 is 55.8 Å². The fourth-order valence-electron chi connectivity index (χ4n) is 7.17. The van der Waals surface area contributed by atoms with Gasteiger partial charge in [-0.15, -0.1) is 0 Å². The Morgan fingerprint density at radius 3 is 1.71 bits per heavy atom. The number of nitrogens with zero attached hydrogens (tertiary/aromatic N) is 2. The van der Waals surface area contributed by atoms with E-state index in [1.165, 1.54) is 21.9 Å². The van der Waals surface area contributed by atoms with E-state index in [0.717, 1.165) is 49.2 Å². The topological polar surface area (TPSA) is 26.9 Å². The van der Waals surface area contributed by atoms with Gasteiger partial charge in [-0.3, -0.25) is 0 Å². The Kier molecular flexibility index (Phi) is 6.74. The predicted molar refractivity (Wildman–Crippen MR) is 202 cm³/mol. The highest BCUT2D eigenvalue weighted by Crippen LogP contribution is 2.43. The molecule has 0 saturated carbocycles. The lowest BCUT2D eigenvalue weighted by molar-refractivity contribution is 0.592. The summed E-state index contributed by atoms with van der Waals surface area (Å²) in [5, 5.41) is 6.01. The lowest BCUT2D eigenvalue weighted by atomic mass is 10.1. The largest absolute Gasteiger partial charge is 0.316 e. The molecule has 228 valence electrons. The molecular weight excluding hydrogens is 603 g/mol. The number of hydrogen-bond donors (Lipinski definition) is 0. The fraction of sp³-hybridized carbons (Fsp3) is 0. The average molecular weight is 635 g/mol. The molecule has 3 nitrogen and oxygen atoms in total. The number of hydrogen-bond acceptors (Lipinski definition) is 1. The number of para-hydroxylation sites is 1. The standard InChI is InChI=1S/C44H31N2OP/c47-48(36-16-6-2-7-17-36,37-18-8-3-9-19-37)38-20-12-15-35(31-38)46-43-22-11-10-21-39(43)40-27-28-42-41(44(40)46)29-30-45(42)34-25-23-33(24-26-34)32-13-4-1-5-14-32/h1-31H. The molecule has 0 radical (unpaired) electrons. The van der Waals surface area contributed by atoms with Crippen LogP contribution in [-0.2, 0) is 4.57 Å². The fourth-order valence-corrected chi connectivity index (χ4v) is 9.85. The highest BCUT2D eigenvalue weighted by Gasteiger charge is 2.30. The molecule has 0 spiro atoms. The van der Waals surface area contributed by atoms with Gasteiger partial charge in [0.05, 0.1) is 16.6 Å². The van der Waals surface area contributed by atoms with Gasteiger partial charge in [-0.25, -0.2) is 0 Å². The van der Waals surface area contributed by atoms with Crippen molar-refractivity contribution < 1.29 is 4.57 Å². The van der Waals surface area contributed by atoms with Crippen molar-refractivity contribution in [3.05, 3.63) is 188 Å². The smallest absolute Gasteiger partial charge is 0.171 e. The van der Waals surface area contributed by atoms with Crippen molar-refractivity contribution in [3.63, 3.8) is 0 Å². The maximum atomic E-state index is 15.3. The van der Waals surface area contributed by atoms with E-state index in [1.807, 2.05) is 78.9 Å². The molecule has 9 aromatic rings. The van der Waals surface area contributed by atoms with Gasteiger partial charge in [0.15, 0.2) is 7.14 Å². The zero-order chi connectivity index (χ0) is 32.1. The van der Waals surface area contributed by atoms with Crippen molar-refractivity contribution in [2.75, 3.05) is 0 Å². The third-order valence-corrected chi connectivity index (χ3v) is 12.5. The van der Waals surface area contributed by atoms with Gasteiger partial charge in [0.2, 0.25) is 0 Å². The second-order valence-electron chi connectivity index (χ2n) is 12.1. The van der Waals surface area contributed by atoms with Gasteiger partial charge in [0, 0.05) is 49.6 Å². The van der Waals surface area contributed by atoms with Crippen LogP contribution in [0.15, 0.2) is 188 Å². The van der Waals surface area contributed by atoms with E-state index in [2.05, 4.69) is 118 Å². The van der Waals surface area contributed by atoms with Gasteiger partial charge >= 0.3 is 0 Å². The van der Waals surface area contributed by atoms with Crippen LogP contribution in [0.4, 0.5) is 0 Å². The van der Waals surface area contributed by atoms with Crippen molar-refractivity contribution in [1.29, 1.82) is 0 Å². The molecule has 48 heavy (non-hydrogen) atoms. The number of aromatic nitrogens is 2. The number of fused-ring (bicyclic) bond motifs is 5. The van der Waals surface area contributed by atoms with Gasteiger partial charge in [-0.2, -0.15) is 0 Å². The van der Waals surface area contributed by atoms with E-state index >= 15 is 4.57 Å². The van der Waals surface area contributed by atoms with Crippen LogP contribution >= 0.6 is 7.14 Å². The molecule has 2 heterocycles. The number of benzene rings is 7. The lowest BCUT2D eigenvalue weighted by Gasteiger charge is -2.21. The summed E-state index contributed by atoms with van der Waals surface area (Å²) < 4.78 is 20.0. The molecule has 0 aliphatic rings. The van der Waals surface area contributed by atoms with Crippen LogP contribution in [0, 0.1) is 0 Å². The molecule has 0 aliphatic heterocycles. The summed E-state index contributed by atoms with van der Waals surface area (Å²) in [7, 11) is -3.15. The van der Waals surface area contributed by atoms with Gasteiger partial charge in [0.1, 0.15) is 0 Å². The maximum absolute atomic E-state index is 15.3. The molecule has 0 fully saturated rings. The van der Waals surface area contributed by atoms with E-state index in [1.54, 1.807) is 0 Å². The first-order chi connectivity index (χ1) is 23.7. The summed E-state index contributed by atoms with van der Waals surface area (Å²) in [5.41, 5.74) is 7.89. The molecule has 0 N–H and O–H groups in total. The SMILES string of the molecule is O=P(c1ccccc1)(c1ccccc1)c1cccc(-n2c3ccccc3c3ccc4c(ccn4-c4ccc(-c5ccccc5)cc4)c32)c1. The van der Waals surface area contributed by atoms with E-state index in [4.69, 9.17) is 0 Å². The summed E-state index contributed by atoms with van der Waals surface area (Å²) in [6.45, 7) is 0. The van der Waals surface area contributed by atoms with Crippen molar-refractivity contribution in [2.24, 2.45) is 0 Å². The zero-order valence-electron chi connectivity index (χ0n) is 26.1. The third-order valence-electron chi connectivity index (χ3n) is 9.45. The molecule has 7 aromatic carbocycles. The molecule has 9 rings (SSSR count). The second kappa shape index (κ2) is 11.4. The van der Waals surface area contributed by atoms with Crippen LogP contribution in [0.25, 0.3) is 55.2 Å². The van der Waals surface area contributed by atoms with Gasteiger partial charge in [-0.05, 0) is 53.6 Å². The van der Waals surface area contributed by atoms with Gasteiger partial charge in [0.25, 0.3) is 0 Å². The van der Waals surface area contributed by atoms with Crippen molar-refractivity contribution in [2.45, 2.75) is 0 Å². The Balaban J connectivity index is 1.25. The Bertz CT molecular complexity index is 2580. The molecule has 2 aromatic heterocycles. The molecular formula is C44H31N2OP. The Morgan fingerprint density at radius 2 is 1.00 bits per heavy atom. The van der Waals surface area contributed by atoms with Crippen LogP contribution < -0.4 is 15.9 Å². The minimum Gasteiger partial charge on any atom is -0.316 e. The number of rotatable bonds is 6. The minimum atomic E-state index is -3.15. The predicted octanol–water partition coefficient (Wildman–Crippen LogP) is 10.0. The van der Waals surface area contributed by atoms with E-state index in [0.29, 0.717) is 0 Å². The Labute approximate surface area is 279 Å². The van der Waals surface area contributed by atoms with Crippen LogP contribution in [0.1, 0.15) is 0 Å². The lowest BCUT2D eigenvalue weighted by Crippen LogP contribution is -2.25. The van der Waals surface area contributed by atoms with Crippen LogP contribution in [0.3, 0.4) is 0 Å². The quantitative estimate of drug-likeness (QED) is 0.167. The van der Waals surface area contributed by atoms with Crippen molar-refractivity contribution in [3.8, 4) is 22.5 Å². The minimum absolute atomic E-state index is 0.812. The van der Waals surface area contributed by atoms with E-state index < -0.39 is 7.14 Å². The first-order valence-electron chi connectivity index (χ1n) is 16.2. The van der Waals surface area contributed by atoms with E-state index in [9.17, 15) is 0 Å². The first-order valence-corrected chi connectivity index (χ1v) is 17.9. The summed E-state index contributed by atoms with van der Waals surface area (Å²) >= 11 is 0. The second-order valence-corrected chi connectivity index (χ2v) is 14.9.